The Hall–Kier alpha value is -2.05. The van der Waals surface area contributed by atoms with Crippen molar-refractivity contribution in [1.82, 2.24) is 5.32 Å². The number of anilines is 1. The van der Waals surface area contributed by atoms with Crippen molar-refractivity contribution >= 4 is 24.0 Å². The second-order valence-corrected chi connectivity index (χ2v) is 6.20. The number of carbonyl (C=O) groups excluding carboxylic acids is 1. The molecule has 3 nitrogen and oxygen atoms in total. The fraction of sp³-hybridized carbons (Fsp3) is 0.316. The first kappa shape index (κ1) is 20.3. The summed E-state index contributed by atoms with van der Waals surface area (Å²) >= 11 is 0. The van der Waals surface area contributed by atoms with E-state index in [4.69, 9.17) is 0 Å². The van der Waals surface area contributed by atoms with Gasteiger partial charge in [-0.05, 0) is 61.2 Å². The van der Waals surface area contributed by atoms with Gasteiger partial charge in [-0.25, -0.2) is 0 Å². The Bertz CT molecular complexity index is 741. The number of piperidine rings is 1. The van der Waals surface area contributed by atoms with Crippen LogP contribution in [0.4, 0.5) is 18.9 Å². The standard InChI is InChI=1S/C19H19F3N2O.ClH/c20-19(21,22)16-5-1-3-14(11-16)18(25)24-17-8-6-13(7-9-17)15-4-2-10-23-12-15;/h1,3,5-9,11,15,23H,2,4,10,12H2,(H,24,25);1H. The number of carbonyl (C=O) groups is 1. The molecule has 2 N–H and O–H groups in total. The Balaban J connectivity index is 0.00000243. The van der Waals surface area contributed by atoms with Crippen molar-refractivity contribution in [2.24, 2.45) is 0 Å². The van der Waals surface area contributed by atoms with E-state index in [2.05, 4.69) is 10.6 Å². The summed E-state index contributed by atoms with van der Waals surface area (Å²) in [5.41, 5.74) is 0.912. The summed E-state index contributed by atoms with van der Waals surface area (Å²) in [5, 5.41) is 6.00. The highest BCUT2D eigenvalue weighted by Crippen LogP contribution is 2.30. The van der Waals surface area contributed by atoms with Crippen LogP contribution in [-0.2, 0) is 6.18 Å². The van der Waals surface area contributed by atoms with E-state index in [1.165, 1.54) is 17.7 Å². The van der Waals surface area contributed by atoms with Crippen LogP contribution in [0, 0.1) is 0 Å². The van der Waals surface area contributed by atoms with Crippen LogP contribution in [0.5, 0.6) is 0 Å². The summed E-state index contributed by atoms with van der Waals surface area (Å²) in [6.45, 7) is 1.98. The third kappa shape index (κ3) is 4.99. The molecule has 1 atom stereocenters. The first-order valence-electron chi connectivity index (χ1n) is 8.23. The monoisotopic (exact) mass is 384 g/mol. The molecule has 0 radical (unpaired) electrons. The maximum atomic E-state index is 12.7. The van der Waals surface area contributed by atoms with Crippen LogP contribution in [-0.4, -0.2) is 19.0 Å². The minimum atomic E-state index is -4.47. The molecular weight excluding hydrogens is 365 g/mol. The summed E-state index contributed by atoms with van der Waals surface area (Å²) in [5.74, 6) is -0.0971. The summed E-state index contributed by atoms with van der Waals surface area (Å²) < 4.78 is 38.2. The average Bonchev–Trinajstić information content (AvgIpc) is 2.62. The highest BCUT2D eigenvalue weighted by molar-refractivity contribution is 6.04. The number of halogens is 4. The van der Waals surface area contributed by atoms with Crippen LogP contribution in [0.25, 0.3) is 0 Å². The molecule has 0 aromatic heterocycles. The van der Waals surface area contributed by atoms with Gasteiger partial charge in [-0.1, -0.05) is 18.2 Å². The van der Waals surface area contributed by atoms with Crippen molar-refractivity contribution in [1.29, 1.82) is 0 Å². The first-order valence-corrected chi connectivity index (χ1v) is 8.23. The van der Waals surface area contributed by atoms with Gasteiger partial charge in [0, 0.05) is 17.8 Å². The number of benzene rings is 2. The molecule has 26 heavy (non-hydrogen) atoms. The van der Waals surface area contributed by atoms with Gasteiger partial charge >= 0.3 is 6.18 Å². The molecule has 1 fully saturated rings. The predicted molar refractivity (Wildman–Crippen MR) is 97.9 cm³/mol. The average molecular weight is 385 g/mol. The third-order valence-corrected chi connectivity index (χ3v) is 4.39. The maximum absolute atomic E-state index is 12.7. The fourth-order valence-electron chi connectivity index (χ4n) is 3.01. The van der Waals surface area contributed by atoms with Gasteiger partial charge in [0.15, 0.2) is 0 Å². The van der Waals surface area contributed by atoms with Gasteiger partial charge in [-0.3, -0.25) is 4.79 Å². The minimum Gasteiger partial charge on any atom is -0.322 e. The SMILES string of the molecule is Cl.O=C(Nc1ccc(C2CCCNC2)cc1)c1cccc(C(F)(F)F)c1. The molecule has 1 amide bonds. The molecule has 1 heterocycles. The van der Waals surface area contributed by atoms with Crippen molar-refractivity contribution in [2.45, 2.75) is 24.9 Å². The predicted octanol–water partition coefficient (Wildman–Crippen LogP) is 4.85. The van der Waals surface area contributed by atoms with E-state index in [-0.39, 0.29) is 18.0 Å². The van der Waals surface area contributed by atoms with E-state index in [1.54, 1.807) is 12.1 Å². The van der Waals surface area contributed by atoms with E-state index in [0.717, 1.165) is 38.1 Å². The number of hydrogen-bond donors (Lipinski definition) is 2. The molecule has 7 heteroatoms. The van der Waals surface area contributed by atoms with Crippen molar-refractivity contribution in [3.05, 3.63) is 65.2 Å². The van der Waals surface area contributed by atoms with Crippen LogP contribution >= 0.6 is 12.4 Å². The Labute approximate surface area is 156 Å². The summed E-state index contributed by atoms with van der Waals surface area (Å²) in [4.78, 5) is 12.2. The van der Waals surface area contributed by atoms with Gasteiger partial charge in [0.25, 0.3) is 5.91 Å². The van der Waals surface area contributed by atoms with Crippen molar-refractivity contribution in [3.63, 3.8) is 0 Å². The second kappa shape index (κ2) is 8.56. The lowest BCUT2D eigenvalue weighted by Crippen LogP contribution is -2.28. The molecule has 0 spiro atoms. The van der Waals surface area contributed by atoms with Crippen molar-refractivity contribution in [3.8, 4) is 0 Å². The summed E-state index contributed by atoms with van der Waals surface area (Å²) in [7, 11) is 0. The minimum absolute atomic E-state index is 0. The molecule has 1 unspecified atom stereocenters. The fourth-order valence-corrected chi connectivity index (χ4v) is 3.01. The van der Waals surface area contributed by atoms with E-state index in [1.807, 2.05) is 12.1 Å². The van der Waals surface area contributed by atoms with E-state index < -0.39 is 17.6 Å². The molecule has 0 aliphatic carbocycles. The van der Waals surface area contributed by atoms with Gasteiger partial charge in [0.1, 0.15) is 0 Å². The summed E-state index contributed by atoms with van der Waals surface area (Å²) in [6, 6.07) is 11.9. The Morgan fingerprint density at radius 3 is 2.46 bits per heavy atom. The number of hydrogen-bond acceptors (Lipinski definition) is 2. The highest BCUT2D eigenvalue weighted by atomic mass is 35.5. The number of amides is 1. The van der Waals surface area contributed by atoms with Gasteiger partial charge in [0.05, 0.1) is 5.56 Å². The van der Waals surface area contributed by atoms with Crippen LogP contribution in [0.3, 0.4) is 0 Å². The molecule has 0 saturated carbocycles. The zero-order valence-electron chi connectivity index (χ0n) is 14.0. The molecular formula is C19H20ClF3N2O. The van der Waals surface area contributed by atoms with E-state index in [0.29, 0.717) is 11.6 Å². The lowest BCUT2D eigenvalue weighted by Gasteiger charge is -2.23. The van der Waals surface area contributed by atoms with Crippen LogP contribution in [0.1, 0.15) is 40.2 Å². The molecule has 2 aromatic carbocycles. The highest BCUT2D eigenvalue weighted by Gasteiger charge is 2.30. The Kier molecular flexibility index (Phi) is 6.67. The second-order valence-electron chi connectivity index (χ2n) is 6.20. The lowest BCUT2D eigenvalue weighted by molar-refractivity contribution is -0.137. The van der Waals surface area contributed by atoms with Gasteiger partial charge < -0.3 is 10.6 Å². The maximum Gasteiger partial charge on any atom is 0.416 e. The van der Waals surface area contributed by atoms with Crippen LogP contribution in [0.2, 0.25) is 0 Å². The molecule has 2 aromatic rings. The molecule has 1 saturated heterocycles. The molecule has 140 valence electrons. The normalized spacial score (nSPS) is 17.3. The zero-order valence-corrected chi connectivity index (χ0v) is 14.8. The van der Waals surface area contributed by atoms with Gasteiger partial charge in [-0.2, -0.15) is 13.2 Å². The van der Waals surface area contributed by atoms with Crippen molar-refractivity contribution in [2.75, 3.05) is 18.4 Å². The number of nitrogens with one attached hydrogen (secondary N) is 2. The molecule has 3 rings (SSSR count). The summed E-state index contributed by atoms with van der Waals surface area (Å²) in [6.07, 6.45) is -2.20. The van der Waals surface area contributed by atoms with Crippen LogP contribution < -0.4 is 10.6 Å². The van der Waals surface area contributed by atoms with Gasteiger partial charge in [0.2, 0.25) is 0 Å². The third-order valence-electron chi connectivity index (χ3n) is 4.39. The first-order chi connectivity index (χ1) is 11.9. The van der Waals surface area contributed by atoms with E-state index >= 15 is 0 Å². The van der Waals surface area contributed by atoms with E-state index in [9.17, 15) is 18.0 Å². The Morgan fingerprint density at radius 2 is 1.85 bits per heavy atom. The molecule has 1 aliphatic heterocycles. The quantitative estimate of drug-likeness (QED) is 0.794. The largest absolute Gasteiger partial charge is 0.416 e. The number of alkyl halides is 3. The van der Waals surface area contributed by atoms with Gasteiger partial charge in [-0.15, -0.1) is 12.4 Å². The Morgan fingerprint density at radius 1 is 1.12 bits per heavy atom. The topological polar surface area (TPSA) is 41.1 Å². The van der Waals surface area contributed by atoms with Crippen molar-refractivity contribution < 1.29 is 18.0 Å². The smallest absolute Gasteiger partial charge is 0.322 e. The van der Waals surface area contributed by atoms with Crippen LogP contribution in [0.15, 0.2) is 48.5 Å². The zero-order chi connectivity index (χ0) is 17.9. The number of rotatable bonds is 3. The molecule has 1 aliphatic rings. The molecule has 0 bridgehead atoms. The lowest BCUT2D eigenvalue weighted by atomic mass is 9.91.